The van der Waals surface area contributed by atoms with Crippen LogP contribution in [0, 0.1) is 5.82 Å². The van der Waals surface area contributed by atoms with E-state index in [1.807, 2.05) is 6.07 Å². The molecule has 0 fully saturated rings. The molecule has 142 valence electrons. The number of ether oxygens (including phenoxy) is 1. The van der Waals surface area contributed by atoms with Gasteiger partial charge in [0.15, 0.2) is 10.8 Å². The molecule has 4 aromatic rings. The molecular formula is C20H17FN4O2S. The van der Waals surface area contributed by atoms with Crippen molar-refractivity contribution in [2.45, 2.75) is 10.9 Å². The number of hydrogen-bond acceptors (Lipinski definition) is 5. The summed E-state index contributed by atoms with van der Waals surface area (Å²) in [5.74, 6) is 0.880. The molecule has 28 heavy (non-hydrogen) atoms. The van der Waals surface area contributed by atoms with Crippen molar-refractivity contribution in [3.05, 3.63) is 76.5 Å². The molecule has 0 saturated heterocycles. The molecule has 4 rings (SSSR count). The Bertz CT molecular complexity index is 1200. The molecule has 0 aliphatic heterocycles. The molecule has 0 N–H and O–H groups in total. The van der Waals surface area contributed by atoms with Crippen LogP contribution in [0.5, 0.6) is 5.75 Å². The number of aromatic nitrogens is 4. The van der Waals surface area contributed by atoms with Gasteiger partial charge in [0.25, 0.3) is 5.56 Å². The molecule has 6 nitrogen and oxygen atoms in total. The van der Waals surface area contributed by atoms with Crippen molar-refractivity contribution >= 4 is 22.8 Å². The lowest BCUT2D eigenvalue weighted by molar-refractivity contribution is 0.414. The Hall–Kier alpha value is -3.13. The molecule has 2 aromatic carbocycles. The fraction of sp³-hybridized carbons (Fsp3) is 0.150. The fourth-order valence-electron chi connectivity index (χ4n) is 2.89. The molecule has 0 spiro atoms. The van der Waals surface area contributed by atoms with Crippen molar-refractivity contribution in [3.8, 4) is 11.4 Å². The number of hydrogen-bond donors (Lipinski definition) is 0. The number of methoxy groups -OCH3 is 1. The highest BCUT2D eigenvalue weighted by Gasteiger charge is 2.16. The van der Waals surface area contributed by atoms with Gasteiger partial charge in [0, 0.05) is 12.8 Å². The Morgan fingerprint density at radius 3 is 2.68 bits per heavy atom. The minimum Gasteiger partial charge on any atom is -0.497 e. The van der Waals surface area contributed by atoms with Gasteiger partial charge in [-0.1, -0.05) is 23.9 Å². The summed E-state index contributed by atoms with van der Waals surface area (Å²) in [7, 11) is 3.33. The highest BCUT2D eigenvalue weighted by Crippen LogP contribution is 2.25. The summed E-state index contributed by atoms with van der Waals surface area (Å²) in [4.78, 5) is 17.8. The number of thioether (sulfide) groups is 1. The second kappa shape index (κ2) is 7.47. The summed E-state index contributed by atoms with van der Waals surface area (Å²) >= 11 is 1.37. The molecule has 0 atom stereocenters. The first-order valence-corrected chi connectivity index (χ1v) is 9.52. The Morgan fingerprint density at radius 1 is 1.18 bits per heavy atom. The van der Waals surface area contributed by atoms with Gasteiger partial charge in [0.1, 0.15) is 17.0 Å². The van der Waals surface area contributed by atoms with Crippen LogP contribution in [0.2, 0.25) is 0 Å². The van der Waals surface area contributed by atoms with E-state index in [0.717, 1.165) is 5.56 Å². The third-order valence-electron chi connectivity index (χ3n) is 4.32. The Balaban J connectivity index is 1.82. The predicted molar refractivity (Wildman–Crippen MR) is 107 cm³/mol. The maximum absolute atomic E-state index is 13.5. The molecule has 0 unspecified atom stereocenters. The van der Waals surface area contributed by atoms with Gasteiger partial charge in [0.05, 0.1) is 19.0 Å². The van der Waals surface area contributed by atoms with E-state index in [4.69, 9.17) is 4.74 Å². The van der Waals surface area contributed by atoms with E-state index in [1.54, 1.807) is 53.7 Å². The SMILES string of the molecule is COc1ccc(-n2c(SCc3cccc(F)c3)nc3c(cnn3C)c2=O)cc1. The van der Waals surface area contributed by atoms with Gasteiger partial charge in [-0.3, -0.25) is 14.0 Å². The van der Waals surface area contributed by atoms with E-state index in [2.05, 4.69) is 10.1 Å². The van der Waals surface area contributed by atoms with Gasteiger partial charge in [-0.15, -0.1) is 0 Å². The maximum atomic E-state index is 13.5. The van der Waals surface area contributed by atoms with Crippen molar-refractivity contribution in [1.29, 1.82) is 0 Å². The second-order valence-electron chi connectivity index (χ2n) is 6.16. The molecule has 0 bridgehead atoms. The summed E-state index contributed by atoms with van der Waals surface area (Å²) < 4.78 is 21.8. The molecule has 0 aliphatic rings. The number of nitrogens with zero attached hydrogens (tertiary/aromatic N) is 4. The fourth-order valence-corrected chi connectivity index (χ4v) is 3.84. The third-order valence-corrected chi connectivity index (χ3v) is 5.33. The molecule has 0 radical (unpaired) electrons. The van der Waals surface area contributed by atoms with Crippen LogP contribution in [0.15, 0.2) is 64.7 Å². The van der Waals surface area contributed by atoms with Crippen LogP contribution in [-0.4, -0.2) is 26.4 Å². The number of aryl methyl sites for hydroxylation is 1. The number of benzene rings is 2. The highest BCUT2D eigenvalue weighted by molar-refractivity contribution is 7.98. The number of fused-ring (bicyclic) bond motifs is 1. The van der Waals surface area contributed by atoms with Gasteiger partial charge in [-0.25, -0.2) is 9.37 Å². The minimum atomic E-state index is -0.291. The van der Waals surface area contributed by atoms with Crippen LogP contribution in [-0.2, 0) is 12.8 Å². The number of halogens is 1. The quantitative estimate of drug-likeness (QED) is 0.381. The summed E-state index contributed by atoms with van der Waals surface area (Å²) in [5.41, 5.74) is 1.79. The molecule has 0 saturated carbocycles. The van der Waals surface area contributed by atoms with Gasteiger partial charge in [-0.2, -0.15) is 5.10 Å². The Morgan fingerprint density at radius 2 is 1.96 bits per heavy atom. The first-order valence-electron chi connectivity index (χ1n) is 8.53. The summed E-state index contributed by atoms with van der Waals surface area (Å²) in [6.45, 7) is 0. The van der Waals surface area contributed by atoms with E-state index < -0.39 is 0 Å². The van der Waals surface area contributed by atoms with Gasteiger partial charge >= 0.3 is 0 Å². The van der Waals surface area contributed by atoms with Crippen molar-refractivity contribution in [3.63, 3.8) is 0 Å². The Kier molecular flexibility index (Phi) is 4.87. The van der Waals surface area contributed by atoms with Gasteiger partial charge in [0.2, 0.25) is 0 Å². The third kappa shape index (κ3) is 3.38. The number of rotatable bonds is 5. The zero-order valence-electron chi connectivity index (χ0n) is 15.3. The smallest absolute Gasteiger partial charge is 0.269 e. The van der Waals surface area contributed by atoms with Crippen LogP contribution in [0.1, 0.15) is 5.56 Å². The first kappa shape index (κ1) is 18.2. The largest absolute Gasteiger partial charge is 0.497 e. The lowest BCUT2D eigenvalue weighted by atomic mass is 10.2. The molecule has 2 aromatic heterocycles. The molecule has 8 heteroatoms. The highest BCUT2D eigenvalue weighted by atomic mass is 32.2. The predicted octanol–water partition coefficient (Wildman–Crippen LogP) is 3.56. The van der Waals surface area contributed by atoms with E-state index in [0.29, 0.717) is 33.4 Å². The summed E-state index contributed by atoms with van der Waals surface area (Å²) in [5, 5.41) is 5.10. The van der Waals surface area contributed by atoms with Crippen LogP contribution in [0.25, 0.3) is 16.7 Å². The molecule has 0 aliphatic carbocycles. The average molecular weight is 396 g/mol. The topological polar surface area (TPSA) is 61.9 Å². The lowest BCUT2D eigenvalue weighted by Gasteiger charge is -2.13. The molecule has 0 amide bonds. The van der Waals surface area contributed by atoms with Crippen molar-refractivity contribution in [2.75, 3.05) is 7.11 Å². The normalized spacial score (nSPS) is 11.1. The van der Waals surface area contributed by atoms with E-state index in [1.165, 1.54) is 30.1 Å². The standard InChI is InChI=1S/C20H17FN4O2S/c1-24-18-17(11-22-24)19(26)25(15-6-8-16(27-2)9-7-15)20(23-18)28-12-13-4-3-5-14(21)10-13/h3-11H,12H2,1-2H3. The zero-order chi connectivity index (χ0) is 19.7. The van der Waals surface area contributed by atoms with Gasteiger partial charge < -0.3 is 4.74 Å². The monoisotopic (exact) mass is 396 g/mol. The van der Waals surface area contributed by atoms with Gasteiger partial charge in [-0.05, 0) is 42.0 Å². The van der Waals surface area contributed by atoms with E-state index in [-0.39, 0.29) is 11.4 Å². The lowest BCUT2D eigenvalue weighted by Crippen LogP contribution is -2.21. The maximum Gasteiger partial charge on any atom is 0.269 e. The molecular weight excluding hydrogens is 379 g/mol. The zero-order valence-corrected chi connectivity index (χ0v) is 16.1. The first-order chi connectivity index (χ1) is 13.6. The van der Waals surface area contributed by atoms with E-state index >= 15 is 0 Å². The minimum absolute atomic E-state index is 0.204. The Labute approximate surface area is 164 Å². The van der Waals surface area contributed by atoms with E-state index in [9.17, 15) is 9.18 Å². The van der Waals surface area contributed by atoms with Crippen molar-refractivity contribution in [2.24, 2.45) is 7.05 Å². The van der Waals surface area contributed by atoms with Crippen molar-refractivity contribution < 1.29 is 9.13 Å². The van der Waals surface area contributed by atoms with Crippen LogP contribution in [0.4, 0.5) is 4.39 Å². The van der Waals surface area contributed by atoms with Crippen LogP contribution in [0.3, 0.4) is 0 Å². The second-order valence-corrected chi connectivity index (χ2v) is 7.10. The van der Waals surface area contributed by atoms with Crippen molar-refractivity contribution in [1.82, 2.24) is 19.3 Å². The van der Waals surface area contributed by atoms with Crippen LogP contribution >= 0.6 is 11.8 Å². The molecule has 2 heterocycles. The van der Waals surface area contributed by atoms with Crippen LogP contribution < -0.4 is 10.3 Å². The summed E-state index contributed by atoms with van der Waals surface area (Å²) in [6.07, 6.45) is 1.52. The average Bonchev–Trinajstić information content (AvgIpc) is 3.08. The summed E-state index contributed by atoms with van der Waals surface area (Å²) in [6, 6.07) is 13.6.